The summed E-state index contributed by atoms with van der Waals surface area (Å²) in [5.74, 6) is 0.0638. The van der Waals surface area contributed by atoms with Crippen LogP contribution >= 0.6 is 0 Å². The molecule has 0 aliphatic rings. The Kier molecular flexibility index (Phi) is 4.26. The maximum absolute atomic E-state index is 10.2. The summed E-state index contributed by atoms with van der Waals surface area (Å²) >= 11 is 0. The van der Waals surface area contributed by atoms with E-state index in [4.69, 9.17) is 5.26 Å². The van der Waals surface area contributed by atoms with Crippen molar-refractivity contribution in [3.05, 3.63) is 89.5 Å². The van der Waals surface area contributed by atoms with E-state index in [0.717, 1.165) is 5.56 Å². The summed E-state index contributed by atoms with van der Waals surface area (Å²) < 4.78 is 0. The van der Waals surface area contributed by atoms with Gasteiger partial charge in [-0.1, -0.05) is 42.5 Å². The van der Waals surface area contributed by atoms with Crippen molar-refractivity contribution in [2.45, 2.75) is 0 Å². The number of nitriles is 1. The topological polar surface area (TPSA) is 76.6 Å². The molecule has 0 aliphatic heterocycles. The molecule has 0 fully saturated rings. The maximum Gasteiger partial charge on any atom is 0.141 e. The van der Waals surface area contributed by atoms with Crippen LogP contribution in [-0.2, 0) is 0 Å². The highest BCUT2D eigenvalue weighted by molar-refractivity contribution is 6.15. The van der Waals surface area contributed by atoms with Gasteiger partial charge >= 0.3 is 0 Å². The molecule has 3 rings (SSSR count). The highest BCUT2D eigenvalue weighted by atomic mass is 16.3. The van der Waals surface area contributed by atoms with Crippen molar-refractivity contribution >= 4 is 11.4 Å². The van der Waals surface area contributed by atoms with Gasteiger partial charge in [0.25, 0.3) is 0 Å². The Balaban J connectivity index is 2.23. The molecular formula is C20H14N2O2. The second-order valence-electron chi connectivity index (χ2n) is 5.16. The first-order valence-corrected chi connectivity index (χ1v) is 7.34. The number of benzene rings is 3. The summed E-state index contributed by atoms with van der Waals surface area (Å²) in [5.41, 5.74) is 2.53. The highest BCUT2D eigenvalue weighted by Gasteiger charge is 2.12. The molecule has 0 spiro atoms. The van der Waals surface area contributed by atoms with Crippen LogP contribution in [0.2, 0.25) is 0 Å². The Hall–Kier alpha value is -3.58. The van der Waals surface area contributed by atoms with Crippen molar-refractivity contribution < 1.29 is 10.2 Å². The molecule has 2 N–H and O–H groups in total. The zero-order valence-electron chi connectivity index (χ0n) is 12.7. The van der Waals surface area contributed by atoms with E-state index < -0.39 is 0 Å². The van der Waals surface area contributed by atoms with Gasteiger partial charge in [-0.3, -0.25) is 0 Å². The number of hydrogen-bond acceptors (Lipinski definition) is 4. The summed E-state index contributed by atoms with van der Waals surface area (Å²) in [7, 11) is 0. The van der Waals surface area contributed by atoms with Crippen molar-refractivity contribution in [3.8, 4) is 17.6 Å². The van der Waals surface area contributed by atoms with E-state index in [0.29, 0.717) is 16.8 Å². The van der Waals surface area contributed by atoms with Gasteiger partial charge in [0.2, 0.25) is 0 Å². The highest BCUT2D eigenvalue weighted by Crippen LogP contribution is 2.30. The number of aliphatic imine (C=N–C) groups is 1. The molecule has 0 amide bonds. The lowest BCUT2D eigenvalue weighted by atomic mass is 10.0. The summed E-state index contributed by atoms with van der Waals surface area (Å²) in [6.45, 7) is 0. The summed E-state index contributed by atoms with van der Waals surface area (Å²) in [6.07, 6.45) is 0. The largest absolute Gasteiger partial charge is 0.507 e. The Morgan fingerprint density at radius 1 is 0.833 bits per heavy atom. The molecule has 0 saturated heterocycles. The van der Waals surface area contributed by atoms with Crippen molar-refractivity contribution in [2.24, 2.45) is 4.99 Å². The van der Waals surface area contributed by atoms with E-state index in [2.05, 4.69) is 4.99 Å². The third-order valence-electron chi connectivity index (χ3n) is 3.54. The number of hydrogen-bond donors (Lipinski definition) is 2. The molecule has 0 atom stereocenters. The van der Waals surface area contributed by atoms with Crippen LogP contribution in [-0.4, -0.2) is 15.9 Å². The smallest absolute Gasteiger partial charge is 0.141 e. The van der Waals surface area contributed by atoms with Gasteiger partial charge in [0, 0.05) is 11.1 Å². The second-order valence-corrected chi connectivity index (χ2v) is 5.16. The molecule has 0 bridgehead atoms. The van der Waals surface area contributed by atoms with E-state index in [1.807, 2.05) is 36.4 Å². The van der Waals surface area contributed by atoms with E-state index in [1.54, 1.807) is 24.3 Å². The standard InChI is InChI=1S/C20H14N2O2/c21-13-14-10-11-19(24)17(12-14)22-20(15-6-2-1-3-7-15)16-8-4-5-9-18(16)23/h1-12,23-24H. The number of phenolic OH excluding ortho intramolecular Hbond substituents is 2. The first kappa shape index (κ1) is 15.3. The van der Waals surface area contributed by atoms with E-state index in [1.165, 1.54) is 18.2 Å². The predicted molar refractivity (Wildman–Crippen MR) is 92.7 cm³/mol. The van der Waals surface area contributed by atoms with Crippen molar-refractivity contribution in [1.29, 1.82) is 5.26 Å². The minimum Gasteiger partial charge on any atom is -0.507 e. The SMILES string of the molecule is N#Cc1ccc(O)c(N=C(c2ccccc2)c2ccccc2O)c1. The maximum atomic E-state index is 10.2. The van der Waals surface area contributed by atoms with Crippen LogP contribution in [0.25, 0.3) is 0 Å². The van der Waals surface area contributed by atoms with E-state index in [9.17, 15) is 10.2 Å². The summed E-state index contributed by atoms with van der Waals surface area (Å²) in [4.78, 5) is 4.52. The second kappa shape index (κ2) is 6.67. The number of aromatic hydroxyl groups is 2. The number of phenols is 2. The van der Waals surface area contributed by atoms with Crippen LogP contribution in [0.15, 0.2) is 77.8 Å². The molecule has 0 unspecified atom stereocenters. The van der Waals surface area contributed by atoms with Crippen LogP contribution in [0.1, 0.15) is 16.7 Å². The zero-order chi connectivity index (χ0) is 16.9. The van der Waals surface area contributed by atoms with Crippen LogP contribution in [0.4, 0.5) is 5.69 Å². The van der Waals surface area contributed by atoms with Crippen molar-refractivity contribution in [3.63, 3.8) is 0 Å². The summed E-state index contributed by atoms with van der Waals surface area (Å²) in [6, 6.07) is 22.8. The third kappa shape index (κ3) is 3.11. The van der Waals surface area contributed by atoms with Crippen molar-refractivity contribution in [2.75, 3.05) is 0 Å². The van der Waals surface area contributed by atoms with Gasteiger partial charge in [0.15, 0.2) is 0 Å². The molecule has 4 heteroatoms. The van der Waals surface area contributed by atoms with Gasteiger partial charge in [-0.05, 0) is 30.3 Å². The quantitative estimate of drug-likeness (QED) is 0.713. The Morgan fingerprint density at radius 2 is 1.54 bits per heavy atom. The fourth-order valence-electron chi connectivity index (χ4n) is 2.35. The van der Waals surface area contributed by atoms with Gasteiger partial charge in [0.05, 0.1) is 17.3 Å². The normalized spacial score (nSPS) is 11.0. The number of para-hydroxylation sites is 1. The average molecular weight is 314 g/mol. The molecule has 0 radical (unpaired) electrons. The molecule has 0 saturated carbocycles. The Morgan fingerprint density at radius 3 is 2.25 bits per heavy atom. The van der Waals surface area contributed by atoms with Crippen LogP contribution in [0.5, 0.6) is 11.5 Å². The lowest BCUT2D eigenvalue weighted by Gasteiger charge is -2.10. The minimum atomic E-state index is -0.0298. The third-order valence-corrected chi connectivity index (χ3v) is 3.54. The molecule has 24 heavy (non-hydrogen) atoms. The van der Waals surface area contributed by atoms with Gasteiger partial charge in [-0.2, -0.15) is 5.26 Å². The van der Waals surface area contributed by atoms with Crippen LogP contribution in [0.3, 0.4) is 0 Å². The Labute approximate surface area is 139 Å². The summed E-state index contributed by atoms with van der Waals surface area (Å²) in [5, 5.41) is 29.3. The number of rotatable bonds is 3. The first-order chi connectivity index (χ1) is 11.7. The van der Waals surface area contributed by atoms with Crippen LogP contribution in [0, 0.1) is 11.3 Å². The fourth-order valence-corrected chi connectivity index (χ4v) is 2.35. The fraction of sp³-hybridized carbons (Fsp3) is 0. The lowest BCUT2D eigenvalue weighted by Crippen LogP contribution is -2.03. The molecule has 0 aliphatic carbocycles. The zero-order valence-corrected chi connectivity index (χ0v) is 12.7. The lowest BCUT2D eigenvalue weighted by molar-refractivity contribution is 0.473. The average Bonchev–Trinajstić information content (AvgIpc) is 2.62. The first-order valence-electron chi connectivity index (χ1n) is 7.34. The van der Waals surface area contributed by atoms with Crippen molar-refractivity contribution in [1.82, 2.24) is 0 Å². The monoisotopic (exact) mass is 314 g/mol. The van der Waals surface area contributed by atoms with Gasteiger partial charge in [0.1, 0.15) is 17.2 Å². The van der Waals surface area contributed by atoms with Gasteiger partial charge in [-0.15, -0.1) is 0 Å². The molecule has 3 aromatic carbocycles. The van der Waals surface area contributed by atoms with Gasteiger partial charge < -0.3 is 10.2 Å². The van der Waals surface area contributed by atoms with E-state index >= 15 is 0 Å². The molecule has 0 aromatic heterocycles. The Bertz CT molecular complexity index is 941. The molecule has 4 nitrogen and oxygen atoms in total. The number of nitrogens with zero attached hydrogens (tertiary/aromatic N) is 2. The van der Waals surface area contributed by atoms with Gasteiger partial charge in [-0.25, -0.2) is 4.99 Å². The predicted octanol–water partition coefficient (Wildman–Crippen LogP) is 4.14. The van der Waals surface area contributed by atoms with Crippen LogP contribution < -0.4 is 0 Å². The minimum absolute atomic E-state index is 0.0298. The molecular weight excluding hydrogens is 300 g/mol. The molecule has 116 valence electrons. The molecule has 3 aromatic rings. The molecule has 0 heterocycles. The van der Waals surface area contributed by atoms with E-state index in [-0.39, 0.29) is 17.2 Å².